The zero-order valence-electron chi connectivity index (χ0n) is 12.2. The van der Waals surface area contributed by atoms with Gasteiger partial charge in [0.25, 0.3) is 0 Å². The van der Waals surface area contributed by atoms with Gasteiger partial charge in [0.15, 0.2) is 0 Å². The molecule has 6 nitrogen and oxygen atoms in total. The summed E-state index contributed by atoms with van der Waals surface area (Å²) in [5.74, 6) is 1.06. The van der Waals surface area contributed by atoms with Crippen LogP contribution in [0.3, 0.4) is 0 Å². The summed E-state index contributed by atoms with van der Waals surface area (Å²) in [5, 5.41) is 2.90. The summed E-state index contributed by atoms with van der Waals surface area (Å²) in [6.45, 7) is 2.82. The summed E-state index contributed by atoms with van der Waals surface area (Å²) in [7, 11) is 5.25. The maximum atomic E-state index is 5.09. The molecule has 0 aliphatic rings. The summed E-state index contributed by atoms with van der Waals surface area (Å²) < 4.78 is 5.09. The minimum absolute atomic E-state index is 0.302. The predicted molar refractivity (Wildman–Crippen MR) is 79.2 cm³/mol. The van der Waals surface area contributed by atoms with E-state index in [9.17, 15) is 0 Å². The molecule has 0 bridgehead atoms. The molecule has 0 aliphatic carbocycles. The first-order chi connectivity index (χ1) is 9.63. The van der Waals surface area contributed by atoms with E-state index in [1.165, 1.54) is 11.1 Å². The van der Waals surface area contributed by atoms with Gasteiger partial charge in [0.1, 0.15) is 0 Å². The molecule has 0 amide bonds. The second-order valence-corrected chi connectivity index (χ2v) is 4.48. The molecule has 1 N–H and O–H groups in total. The van der Waals surface area contributed by atoms with E-state index in [-0.39, 0.29) is 0 Å². The van der Waals surface area contributed by atoms with Crippen molar-refractivity contribution in [2.45, 2.75) is 13.5 Å². The quantitative estimate of drug-likeness (QED) is 0.897. The highest BCUT2D eigenvalue weighted by Crippen LogP contribution is 2.17. The Hall–Kier alpha value is -2.37. The highest BCUT2D eigenvalue weighted by molar-refractivity contribution is 5.39. The third-order valence-corrected chi connectivity index (χ3v) is 3.02. The van der Waals surface area contributed by atoms with E-state index in [0.29, 0.717) is 17.9 Å². The fourth-order valence-corrected chi connectivity index (χ4v) is 1.83. The fourth-order valence-electron chi connectivity index (χ4n) is 1.83. The molecule has 1 heterocycles. The molecule has 0 atom stereocenters. The minimum Gasteiger partial charge on any atom is -0.467 e. The van der Waals surface area contributed by atoms with Gasteiger partial charge in [-0.1, -0.05) is 24.3 Å². The van der Waals surface area contributed by atoms with Crippen LogP contribution in [0.5, 0.6) is 6.01 Å². The molecule has 0 spiro atoms. The largest absolute Gasteiger partial charge is 0.467 e. The lowest BCUT2D eigenvalue weighted by atomic mass is 10.1. The molecule has 0 saturated carbocycles. The second kappa shape index (κ2) is 6.18. The van der Waals surface area contributed by atoms with Gasteiger partial charge in [-0.15, -0.1) is 0 Å². The second-order valence-electron chi connectivity index (χ2n) is 4.48. The van der Waals surface area contributed by atoms with Gasteiger partial charge in [0.05, 0.1) is 7.11 Å². The smallest absolute Gasteiger partial charge is 0.322 e. The third-order valence-electron chi connectivity index (χ3n) is 3.02. The first kappa shape index (κ1) is 14.0. The Morgan fingerprint density at radius 2 is 1.95 bits per heavy atom. The topological polar surface area (TPSA) is 63.2 Å². The number of hydrogen-bond donors (Lipinski definition) is 1. The number of hydrogen-bond acceptors (Lipinski definition) is 6. The van der Waals surface area contributed by atoms with Crippen LogP contribution in [-0.2, 0) is 6.54 Å². The first-order valence-electron chi connectivity index (χ1n) is 6.37. The molecule has 0 radical (unpaired) electrons. The van der Waals surface area contributed by atoms with Crippen LogP contribution in [-0.4, -0.2) is 36.2 Å². The lowest BCUT2D eigenvalue weighted by Crippen LogP contribution is -2.20. The SMILES string of the molecule is CNc1nc(OC)nc(N(C)Cc2ccccc2C)n1. The van der Waals surface area contributed by atoms with Crippen LogP contribution in [0.1, 0.15) is 11.1 Å². The number of rotatable bonds is 5. The normalized spacial score (nSPS) is 10.2. The number of nitrogens with one attached hydrogen (secondary N) is 1. The van der Waals surface area contributed by atoms with Crippen LogP contribution in [0.4, 0.5) is 11.9 Å². The van der Waals surface area contributed by atoms with Crippen molar-refractivity contribution in [2.24, 2.45) is 0 Å². The van der Waals surface area contributed by atoms with Crippen molar-refractivity contribution in [3.8, 4) is 6.01 Å². The molecule has 2 rings (SSSR count). The molecular weight excluding hydrogens is 254 g/mol. The standard InChI is InChI=1S/C14H19N5O/c1-10-7-5-6-8-11(10)9-19(3)13-16-12(15-2)17-14(18-13)20-4/h5-8H,9H2,1-4H3,(H,15,16,17,18). The number of methoxy groups -OCH3 is 1. The predicted octanol–water partition coefficient (Wildman–Crippen LogP) is 1.87. The monoisotopic (exact) mass is 273 g/mol. The summed E-state index contributed by atoms with van der Waals surface area (Å²) in [4.78, 5) is 14.7. The molecule has 0 saturated heterocycles. The van der Waals surface area contributed by atoms with Crippen LogP contribution in [0.2, 0.25) is 0 Å². The molecule has 0 unspecified atom stereocenters. The van der Waals surface area contributed by atoms with Crippen molar-refractivity contribution in [2.75, 3.05) is 31.4 Å². The van der Waals surface area contributed by atoms with E-state index in [4.69, 9.17) is 4.74 Å². The Labute approximate surface area is 118 Å². The molecule has 1 aromatic carbocycles. The molecule has 0 fully saturated rings. The molecule has 106 valence electrons. The van der Waals surface area contributed by atoms with Gasteiger partial charge in [-0.05, 0) is 18.1 Å². The van der Waals surface area contributed by atoms with Crippen molar-refractivity contribution >= 4 is 11.9 Å². The number of aryl methyl sites for hydroxylation is 1. The summed E-state index contributed by atoms with van der Waals surface area (Å²) in [6, 6.07) is 8.56. The summed E-state index contributed by atoms with van der Waals surface area (Å²) in [5.41, 5.74) is 2.48. The minimum atomic E-state index is 0.302. The fraction of sp³-hybridized carbons (Fsp3) is 0.357. The van der Waals surface area contributed by atoms with Crippen molar-refractivity contribution in [3.05, 3.63) is 35.4 Å². The zero-order valence-corrected chi connectivity index (χ0v) is 12.2. The summed E-state index contributed by atoms with van der Waals surface area (Å²) >= 11 is 0. The van der Waals surface area contributed by atoms with Crippen molar-refractivity contribution < 1.29 is 4.74 Å². The van der Waals surface area contributed by atoms with Gasteiger partial charge in [-0.2, -0.15) is 15.0 Å². The molecule has 20 heavy (non-hydrogen) atoms. The van der Waals surface area contributed by atoms with E-state index >= 15 is 0 Å². The van der Waals surface area contributed by atoms with Gasteiger partial charge < -0.3 is 15.0 Å². The molecule has 0 aliphatic heterocycles. The Morgan fingerprint density at radius 1 is 1.20 bits per heavy atom. The maximum Gasteiger partial charge on any atom is 0.322 e. The van der Waals surface area contributed by atoms with Crippen LogP contribution >= 0.6 is 0 Å². The van der Waals surface area contributed by atoms with Gasteiger partial charge in [0, 0.05) is 20.6 Å². The zero-order chi connectivity index (χ0) is 14.5. The Balaban J connectivity index is 2.24. The highest BCUT2D eigenvalue weighted by atomic mass is 16.5. The van der Waals surface area contributed by atoms with E-state index in [1.807, 2.05) is 24.1 Å². The highest BCUT2D eigenvalue weighted by Gasteiger charge is 2.11. The molecule has 2 aromatic rings. The van der Waals surface area contributed by atoms with E-state index in [1.54, 1.807) is 14.2 Å². The number of ether oxygens (including phenoxy) is 1. The molecule has 1 aromatic heterocycles. The van der Waals surface area contributed by atoms with Gasteiger partial charge in [0.2, 0.25) is 11.9 Å². The number of anilines is 2. The van der Waals surface area contributed by atoms with Crippen LogP contribution in [0.25, 0.3) is 0 Å². The lowest BCUT2D eigenvalue weighted by molar-refractivity contribution is 0.379. The summed E-state index contributed by atoms with van der Waals surface area (Å²) in [6.07, 6.45) is 0. The van der Waals surface area contributed by atoms with E-state index in [2.05, 4.69) is 39.3 Å². The first-order valence-corrected chi connectivity index (χ1v) is 6.37. The lowest BCUT2D eigenvalue weighted by Gasteiger charge is -2.19. The number of aromatic nitrogens is 3. The average molecular weight is 273 g/mol. The third kappa shape index (κ3) is 3.14. The molecule has 6 heteroatoms. The van der Waals surface area contributed by atoms with Gasteiger partial charge >= 0.3 is 6.01 Å². The van der Waals surface area contributed by atoms with E-state index < -0.39 is 0 Å². The van der Waals surface area contributed by atoms with Crippen LogP contribution in [0.15, 0.2) is 24.3 Å². The Morgan fingerprint density at radius 3 is 2.60 bits per heavy atom. The number of benzene rings is 1. The van der Waals surface area contributed by atoms with E-state index in [0.717, 1.165) is 6.54 Å². The number of nitrogens with zero attached hydrogens (tertiary/aromatic N) is 4. The van der Waals surface area contributed by atoms with Crippen molar-refractivity contribution in [3.63, 3.8) is 0 Å². The van der Waals surface area contributed by atoms with Gasteiger partial charge in [-0.3, -0.25) is 0 Å². The Kier molecular flexibility index (Phi) is 4.34. The average Bonchev–Trinajstić information content (AvgIpc) is 2.48. The van der Waals surface area contributed by atoms with Crippen LogP contribution < -0.4 is 15.0 Å². The van der Waals surface area contributed by atoms with Crippen molar-refractivity contribution in [1.29, 1.82) is 0 Å². The Bertz CT molecular complexity index is 565. The van der Waals surface area contributed by atoms with Gasteiger partial charge in [-0.25, -0.2) is 0 Å². The maximum absolute atomic E-state index is 5.09. The van der Waals surface area contributed by atoms with Crippen LogP contribution in [0, 0.1) is 6.92 Å². The van der Waals surface area contributed by atoms with Crippen molar-refractivity contribution in [1.82, 2.24) is 15.0 Å². The molecular formula is C14H19N5O.